The fraction of sp³-hybridized carbons (Fsp3) is 0.278. The van der Waals surface area contributed by atoms with Gasteiger partial charge in [-0.2, -0.15) is 13.2 Å². The molecule has 2 heterocycles. The van der Waals surface area contributed by atoms with Crippen molar-refractivity contribution in [3.8, 4) is 11.1 Å². The summed E-state index contributed by atoms with van der Waals surface area (Å²) in [6.45, 7) is 5.74. The molecule has 0 aliphatic heterocycles. The van der Waals surface area contributed by atoms with Crippen molar-refractivity contribution in [3.63, 3.8) is 0 Å². The highest BCUT2D eigenvalue weighted by molar-refractivity contribution is 7.64. The average molecular weight is 350 g/mol. The Morgan fingerprint density at radius 2 is 1.88 bits per heavy atom. The Kier molecular flexibility index (Phi) is 4.39. The van der Waals surface area contributed by atoms with E-state index in [4.69, 9.17) is 0 Å². The van der Waals surface area contributed by atoms with Crippen LogP contribution >= 0.6 is 7.92 Å². The van der Waals surface area contributed by atoms with Crippen molar-refractivity contribution >= 4 is 24.3 Å². The van der Waals surface area contributed by atoms with E-state index < -0.39 is 19.7 Å². The van der Waals surface area contributed by atoms with Crippen LogP contribution in [0.1, 0.15) is 18.1 Å². The zero-order valence-electron chi connectivity index (χ0n) is 13.7. The molecule has 1 aromatic carbocycles. The lowest BCUT2D eigenvalue weighted by molar-refractivity contribution is -0.136. The smallest absolute Gasteiger partial charge is 0.346 e. The first-order valence-corrected chi connectivity index (χ1v) is 9.89. The van der Waals surface area contributed by atoms with E-state index in [-0.39, 0.29) is 0 Å². The quantitative estimate of drug-likeness (QED) is 0.648. The van der Waals surface area contributed by atoms with Gasteiger partial charge in [-0.15, -0.1) is 0 Å². The third kappa shape index (κ3) is 3.05. The topological polar surface area (TPSA) is 28.7 Å². The van der Waals surface area contributed by atoms with E-state index in [0.717, 1.165) is 34.1 Å². The summed E-state index contributed by atoms with van der Waals surface area (Å²) in [5.74, 6) is 0. The Morgan fingerprint density at radius 1 is 1.12 bits per heavy atom. The Bertz CT molecular complexity index is 882. The highest BCUT2D eigenvalue weighted by atomic mass is 31.1. The van der Waals surface area contributed by atoms with Crippen LogP contribution in [0.15, 0.2) is 36.7 Å². The van der Waals surface area contributed by atoms with Crippen LogP contribution < -0.4 is 5.30 Å². The maximum absolute atomic E-state index is 13.2. The molecule has 3 aromatic rings. The number of benzene rings is 1. The van der Waals surface area contributed by atoms with Crippen molar-refractivity contribution < 1.29 is 13.2 Å². The second kappa shape index (κ2) is 6.21. The van der Waals surface area contributed by atoms with Crippen LogP contribution in [0.2, 0.25) is 0 Å². The van der Waals surface area contributed by atoms with Gasteiger partial charge in [-0.1, -0.05) is 20.9 Å². The zero-order valence-corrected chi connectivity index (χ0v) is 14.6. The van der Waals surface area contributed by atoms with E-state index >= 15 is 0 Å². The average Bonchev–Trinajstić information content (AvgIpc) is 2.95. The second-order valence-electron chi connectivity index (χ2n) is 5.91. The summed E-state index contributed by atoms with van der Waals surface area (Å²) < 4.78 is 39.6. The minimum absolute atomic E-state index is 0.375. The maximum atomic E-state index is 13.2. The first-order chi connectivity index (χ1) is 11.3. The number of nitrogens with one attached hydrogen (secondary N) is 1. The van der Waals surface area contributed by atoms with Gasteiger partial charge in [-0.05, 0) is 54.4 Å². The molecular weight excluding hydrogens is 332 g/mol. The van der Waals surface area contributed by atoms with Crippen molar-refractivity contribution in [1.82, 2.24) is 9.97 Å². The maximum Gasteiger partial charge on any atom is 0.417 e. The SMILES string of the molecule is CCc1c[nH]c2ncc(-c3ccc(C(F)(F)F)c(P(C)C)c3)cc12. The van der Waals surface area contributed by atoms with Crippen LogP contribution in [-0.2, 0) is 12.6 Å². The third-order valence-electron chi connectivity index (χ3n) is 4.12. The van der Waals surface area contributed by atoms with Gasteiger partial charge in [0.05, 0.1) is 5.56 Å². The molecule has 2 nitrogen and oxygen atoms in total. The number of aromatic nitrogens is 2. The molecule has 24 heavy (non-hydrogen) atoms. The molecule has 126 valence electrons. The summed E-state index contributed by atoms with van der Waals surface area (Å²) in [7, 11) is -0.868. The van der Waals surface area contributed by atoms with Crippen molar-refractivity contribution in [2.24, 2.45) is 0 Å². The van der Waals surface area contributed by atoms with Crippen LogP contribution in [0, 0.1) is 0 Å². The lowest BCUT2D eigenvalue weighted by Crippen LogP contribution is -2.18. The largest absolute Gasteiger partial charge is 0.417 e. The van der Waals surface area contributed by atoms with Gasteiger partial charge in [0.15, 0.2) is 0 Å². The minimum atomic E-state index is -4.32. The van der Waals surface area contributed by atoms with E-state index in [1.54, 1.807) is 12.3 Å². The molecule has 0 aliphatic carbocycles. The van der Waals surface area contributed by atoms with Crippen LogP contribution in [0.4, 0.5) is 13.2 Å². The Morgan fingerprint density at radius 3 is 2.50 bits per heavy atom. The second-order valence-corrected chi connectivity index (χ2v) is 8.18. The first-order valence-electron chi connectivity index (χ1n) is 7.66. The number of alkyl halides is 3. The summed E-state index contributed by atoms with van der Waals surface area (Å²) >= 11 is 0. The van der Waals surface area contributed by atoms with Gasteiger partial charge in [0.25, 0.3) is 0 Å². The normalized spacial score (nSPS) is 12.3. The van der Waals surface area contributed by atoms with Gasteiger partial charge in [-0.25, -0.2) is 4.98 Å². The number of H-pyrrole nitrogens is 1. The lowest BCUT2D eigenvalue weighted by Gasteiger charge is -2.17. The standard InChI is InChI=1S/C18H18F3N2P/c1-4-11-9-22-17-14(11)7-13(10-23-17)12-5-6-15(18(19,20)21)16(8-12)24(2)3/h5-10H,4H2,1-3H3,(H,22,23). The van der Waals surface area contributed by atoms with Crippen molar-refractivity contribution in [3.05, 3.63) is 47.8 Å². The fourth-order valence-corrected chi connectivity index (χ4v) is 3.91. The Balaban J connectivity index is 2.14. The molecule has 0 radical (unpaired) electrons. The van der Waals surface area contributed by atoms with Crippen LogP contribution in [-0.4, -0.2) is 23.3 Å². The molecule has 0 saturated heterocycles. The van der Waals surface area contributed by atoms with E-state index in [0.29, 0.717) is 5.30 Å². The monoisotopic (exact) mass is 350 g/mol. The molecule has 0 fully saturated rings. The molecule has 6 heteroatoms. The van der Waals surface area contributed by atoms with Crippen LogP contribution in [0.25, 0.3) is 22.2 Å². The predicted molar refractivity (Wildman–Crippen MR) is 94.3 cm³/mol. The Labute approximate surface area is 139 Å². The summed E-state index contributed by atoms with van der Waals surface area (Å²) in [5, 5.41) is 1.39. The molecule has 2 aromatic heterocycles. The molecule has 0 amide bonds. The number of hydrogen-bond acceptors (Lipinski definition) is 1. The highest BCUT2D eigenvalue weighted by Gasteiger charge is 2.34. The van der Waals surface area contributed by atoms with E-state index in [9.17, 15) is 13.2 Å². The van der Waals surface area contributed by atoms with E-state index in [2.05, 4.69) is 16.9 Å². The number of hydrogen-bond donors (Lipinski definition) is 1. The molecule has 0 bridgehead atoms. The molecular formula is C18H18F3N2P. The van der Waals surface area contributed by atoms with Gasteiger partial charge in [-0.3, -0.25) is 0 Å². The van der Waals surface area contributed by atoms with Gasteiger partial charge in [0.1, 0.15) is 5.65 Å². The number of nitrogens with zero attached hydrogens (tertiary/aromatic N) is 1. The first kappa shape index (κ1) is 17.0. The van der Waals surface area contributed by atoms with Crippen molar-refractivity contribution in [2.75, 3.05) is 13.3 Å². The van der Waals surface area contributed by atoms with Crippen molar-refractivity contribution in [1.29, 1.82) is 0 Å². The number of fused-ring (bicyclic) bond motifs is 1. The molecule has 0 saturated carbocycles. The summed E-state index contributed by atoms with van der Waals surface area (Å²) in [6.07, 6.45) is 0.187. The highest BCUT2D eigenvalue weighted by Crippen LogP contribution is 2.37. The van der Waals surface area contributed by atoms with Crippen molar-refractivity contribution in [2.45, 2.75) is 19.5 Å². The summed E-state index contributed by atoms with van der Waals surface area (Å²) in [4.78, 5) is 7.52. The molecule has 0 spiro atoms. The number of pyridine rings is 1. The van der Waals surface area contributed by atoms with Gasteiger partial charge in [0, 0.05) is 23.3 Å². The minimum Gasteiger partial charge on any atom is -0.346 e. The summed E-state index contributed by atoms with van der Waals surface area (Å²) in [5.41, 5.74) is 3.03. The summed E-state index contributed by atoms with van der Waals surface area (Å²) in [6, 6.07) is 6.38. The van der Waals surface area contributed by atoms with Gasteiger partial charge >= 0.3 is 6.18 Å². The molecule has 1 N–H and O–H groups in total. The molecule has 0 atom stereocenters. The molecule has 0 aliphatic rings. The third-order valence-corrected chi connectivity index (χ3v) is 5.45. The number of aromatic amines is 1. The van der Waals surface area contributed by atoms with Crippen LogP contribution in [0.3, 0.4) is 0 Å². The van der Waals surface area contributed by atoms with Crippen LogP contribution in [0.5, 0.6) is 0 Å². The van der Waals surface area contributed by atoms with Gasteiger partial charge < -0.3 is 4.98 Å². The number of rotatable bonds is 3. The van der Waals surface area contributed by atoms with E-state index in [1.807, 2.05) is 25.6 Å². The van der Waals surface area contributed by atoms with E-state index in [1.165, 1.54) is 12.1 Å². The lowest BCUT2D eigenvalue weighted by atomic mass is 10.0. The predicted octanol–water partition coefficient (Wildman–Crippen LogP) is 5.18. The molecule has 0 unspecified atom stereocenters. The number of halogens is 3. The molecule has 3 rings (SSSR count). The Hall–Kier alpha value is -1.87. The fourth-order valence-electron chi connectivity index (χ4n) is 2.83. The zero-order chi connectivity index (χ0) is 17.5. The van der Waals surface area contributed by atoms with Gasteiger partial charge in [0.2, 0.25) is 0 Å². The number of aryl methyl sites for hydroxylation is 1.